The van der Waals surface area contributed by atoms with Crippen molar-refractivity contribution in [2.45, 2.75) is 37.1 Å². The molecule has 0 aromatic carbocycles. The van der Waals surface area contributed by atoms with E-state index >= 15 is 0 Å². The molecular weight excluding hydrogens is 174 g/mol. The molecule has 0 spiro atoms. The Hall–Kier alpha value is -0.0500. The van der Waals surface area contributed by atoms with Crippen molar-refractivity contribution >= 4 is 11.6 Å². The van der Waals surface area contributed by atoms with Gasteiger partial charge < -0.3 is 5.21 Å². The number of nitrogens with zero attached hydrogens (tertiary/aromatic N) is 1. The van der Waals surface area contributed by atoms with Crippen LogP contribution in [0.15, 0.2) is 12.7 Å². The summed E-state index contributed by atoms with van der Waals surface area (Å²) in [5, 5.41) is 10.8. The van der Waals surface area contributed by atoms with Gasteiger partial charge in [0.1, 0.15) is 5.00 Å². The maximum absolute atomic E-state index is 9.56. The Labute approximate surface area is 78.8 Å². The van der Waals surface area contributed by atoms with E-state index in [1.807, 2.05) is 0 Å². The molecule has 1 fully saturated rings. The number of alkyl halides is 1. The van der Waals surface area contributed by atoms with E-state index in [4.69, 9.17) is 11.6 Å². The first-order chi connectivity index (χ1) is 5.69. The van der Waals surface area contributed by atoms with Gasteiger partial charge >= 0.3 is 0 Å². The Morgan fingerprint density at radius 1 is 1.42 bits per heavy atom. The van der Waals surface area contributed by atoms with Crippen molar-refractivity contribution in [1.29, 1.82) is 0 Å². The van der Waals surface area contributed by atoms with Crippen molar-refractivity contribution in [2.75, 3.05) is 6.54 Å². The van der Waals surface area contributed by atoms with Crippen LogP contribution in [0.5, 0.6) is 0 Å². The predicted molar refractivity (Wildman–Crippen MR) is 50.4 cm³/mol. The third kappa shape index (κ3) is 2.22. The van der Waals surface area contributed by atoms with Crippen molar-refractivity contribution in [3.05, 3.63) is 12.7 Å². The van der Waals surface area contributed by atoms with Crippen LogP contribution < -0.4 is 0 Å². The van der Waals surface area contributed by atoms with Crippen molar-refractivity contribution in [3.8, 4) is 0 Å². The molecule has 0 radical (unpaired) electrons. The molecule has 0 heterocycles. The van der Waals surface area contributed by atoms with Crippen LogP contribution >= 0.6 is 11.6 Å². The topological polar surface area (TPSA) is 23.5 Å². The van der Waals surface area contributed by atoms with Gasteiger partial charge in [0.15, 0.2) is 0 Å². The number of rotatable bonds is 3. The molecule has 0 amide bonds. The molecule has 1 saturated carbocycles. The first kappa shape index (κ1) is 10.0. The molecule has 0 aliphatic heterocycles. The SMILES string of the molecule is C=CCN(O)C1(Cl)CCCCC1. The lowest BCUT2D eigenvalue weighted by Crippen LogP contribution is -2.43. The Balaban J connectivity index is 2.49. The minimum atomic E-state index is -0.521. The summed E-state index contributed by atoms with van der Waals surface area (Å²) in [5.41, 5.74) is 0. The first-order valence-electron chi connectivity index (χ1n) is 4.45. The highest BCUT2D eigenvalue weighted by atomic mass is 35.5. The minimum absolute atomic E-state index is 0.448. The van der Waals surface area contributed by atoms with E-state index in [0.717, 1.165) is 25.7 Å². The fourth-order valence-electron chi connectivity index (χ4n) is 1.64. The van der Waals surface area contributed by atoms with Gasteiger partial charge in [-0.2, -0.15) is 5.06 Å². The summed E-state index contributed by atoms with van der Waals surface area (Å²) in [5.74, 6) is 0. The molecule has 0 atom stereocenters. The molecule has 0 bridgehead atoms. The molecule has 70 valence electrons. The fourth-order valence-corrected chi connectivity index (χ4v) is 1.97. The van der Waals surface area contributed by atoms with Crippen LogP contribution in [-0.4, -0.2) is 21.8 Å². The lowest BCUT2D eigenvalue weighted by molar-refractivity contribution is -0.143. The summed E-state index contributed by atoms with van der Waals surface area (Å²) in [4.78, 5) is -0.521. The molecule has 1 N–H and O–H groups in total. The van der Waals surface area contributed by atoms with Crippen LogP contribution in [0.25, 0.3) is 0 Å². The lowest BCUT2D eigenvalue weighted by Gasteiger charge is -2.36. The third-order valence-corrected chi connectivity index (χ3v) is 2.96. The summed E-state index contributed by atoms with van der Waals surface area (Å²) < 4.78 is 0. The number of hydrogen-bond donors (Lipinski definition) is 1. The number of halogens is 1. The van der Waals surface area contributed by atoms with E-state index in [9.17, 15) is 5.21 Å². The molecule has 0 saturated heterocycles. The van der Waals surface area contributed by atoms with Gasteiger partial charge in [0.05, 0.1) is 0 Å². The van der Waals surface area contributed by atoms with Gasteiger partial charge in [-0.15, -0.1) is 6.58 Å². The second kappa shape index (κ2) is 4.26. The summed E-state index contributed by atoms with van der Waals surface area (Å²) in [7, 11) is 0. The van der Waals surface area contributed by atoms with E-state index in [-0.39, 0.29) is 0 Å². The zero-order valence-electron chi connectivity index (χ0n) is 7.30. The normalized spacial score (nSPS) is 22.6. The van der Waals surface area contributed by atoms with E-state index < -0.39 is 5.00 Å². The van der Waals surface area contributed by atoms with Crippen LogP contribution in [0.3, 0.4) is 0 Å². The highest BCUT2D eigenvalue weighted by Crippen LogP contribution is 2.35. The van der Waals surface area contributed by atoms with Gasteiger partial charge in [-0.05, 0) is 12.8 Å². The molecule has 3 heteroatoms. The smallest absolute Gasteiger partial charge is 0.120 e. The number of hydrogen-bond acceptors (Lipinski definition) is 2. The van der Waals surface area contributed by atoms with Gasteiger partial charge in [0.25, 0.3) is 0 Å². The van der Waals surface area contributed by atoms with Gasteiger partial charge in [-0.1, -0.05) is 36.9 Å². The maximum atomic E-state index is 9.56. The molecule has 1 rings (SSSR count). The first-order valence-corrected chi connectivity index (χ1v) is 4.83. The predicted octanol–water partition coefficient (Wildman–Crippen LogP) is 2.76. The molecule has 0 aromatic rings. The molecule has 0 aromatic heterocycles. The van der Waals surface area contributed by atoms with Crippen molar-refractivity contribution in [3.63, 3.8) is 0 Å². The van der Waals surface area contributed by atoms with Crippen LogP contribution in [0.1, 0.15) is 32.1 Å². The highest BCUT2D eigenvalue weighted by Gasteiger charge is 2.34. The molecule has 2 nitrogen and oxygen atoms in total. The monoisotopic (exact) mass is 189 g/mol. The van der Waals surface area contributed by atoms with E-state index in [2.05, 4.69) is 6.58 Å². The zero-order chi connectivity index (χ0) is 9.03. The van der Waals surface area contributed by atoms with Crippen LogP contribution in [0.4, 0.5) is 0 Å². The third-order valence-electron chi connectivity index (χ3n) is 2.38. The van der Waals surface area contributed by atoms with Gasteiger partial charge in [-0.3, -0.25) is 0 Å². The maximum Gasteiger partial charge on any atom is 0.120 e. The summed E-state index contributed by atoms with van der Waals surface area (Å²) in [6, 6.07) is 0. The van der Waals surface area contributed by atoms with Crippen LogP contribution in [0.2, 0.25) is 0 Å². The van der Waals surface area contributed by atoms with Crippen molar-refractivity contribution in [1.82, 2.24) is 5.06 Å². The second-order valence-corrected chi connectivity index (χ2v) is 4.05. The lowest BCUT2D eigenvalue weighted by atomic mass is 9.94. The van der Waals surface area contributed by atoms with Gasteiger partial charge in [0.2, 0.25) is 0 Å². The largest absolute Gasteiger partial charge is 0.312 e. The van der Waals surface area contributed by atoms with E-state index in [1.54, 1.807) is 6.08 Å². The molecule has 0 unspecified atom stereocenters. The van der Waals surface area contributed by atoms with Gasteiger partial charge in [0, 0.05) is 6.54 Å². The molecule has 1 aliphatic rings. The highest BCUT2D eigenvalue weighted by molar-refractivity contribution is 6.23. The van der Waals surface area contributed by atoms with Crippen LogP contribution in [-0.2, 0) is 0 Å². The Bertz CT molecular complexity index is 155. The Morgan fingerprint density at radius 3 is 2.50 bits per heavy atom. The summed E-state index contributed by atoms with van der Waals surface area (Å²) in [6.45, 7) is 4.01. The van der Waals surface area contributed by atoms with Crippen LogP contribution in [0, 0.1) is 0 Å². The van der Waals surface area contributed by atoms with Crippen molar-refractivity contribution in [2.24, 2.45) is 0 Å². The van der Waals surface area contributed by atoms with E-state index in [1.165, 1.54) is 11.5 Å². The zero-order valence-corrected chi connectivity index (χ0v) is 8.06. The Morgan fingerprint density at radius 2 is 2.00 bits per heavy atom. The quantitative estimate of drug-likeness (QED) is 0.320. The molecule has 1 aliphatic carbocycles. The molecule has 12 heavy (non-hydrogen) atoms. The number of hydroxylamine groups is 2. The molecular formula is C9H16ClNO. The standard InChI is InChI=1S/C9H16ClNO/c1-2-8-11(12)9(10)6-4-3-5-7-9/h2,12H,1,3-8H2. The fraction of sp³-hybridized carbons (Fsp3) is 0.778. The van der Waals surface area contributed by atoms with E-state index in [0.29, 0.717) is 6.54 Å². The van der Waals surface area contributed by atoms with Crippen molar-refractivity contribution < 1.29 is 5.21 Å². The summed E-state index contributed by atoms with van der Waals surface area (Å²) in [6.07, 6.45) is 6.86. The average molecular weight is 190 g/mol. The second-order valence-electron chi connectivity index (χ2n) is 3.35. The summed E-state index contributed by atoms with van der Waals surface area (Å²) >= 11 is 6.23. The average Bonchev–Trinajstić information content (AvgIpc) is 2.06. The minimum Gasteiger partial charge on any atom is -0.312 e. The Kier molecular flexibility index (Phi) is 3.56. The van der Waals surface area contributed by atoms with Gasteiger partial charge in [-0.25, -0.2) is 0 Å².